The summed E-state index contributed by atoms with van der Waals surface area (Å²) < 4.78 is 20.4. The van der Waals surface area contributed by atoms with Crippen molar-refractivity contribution >= 4 is 8.80 Å². The minimum absolute atomic E-state index is 0.455. The monoisotopic (exact) mass is 192 g/mol. The molecule has 4 nitrogen and oxygen atoms in total. The molecule has 0 fully saturated rings. The van der Waals surface area contributed by atoms with Gasteiger partial charge >= 0.3 is 8.80 Å². The molecule has 0 saturated heterocycles. The third-order valence-electron chi connectivity index (χ3n) is 1.41. The second-order valence-electron chi connectivity index (χ2n) is 2.06. The van der Waals surface area contributed by atoms with Gasteiger partial charge in [0.15, 0.2) is 0 Å². The molecule has 0 aromatic rings. The van der Waals surface area contributed by atoms with E-state index in [1.165, 1.54) is 0 Å². The van der Waals surface area contributed by atoms with Crippen LogP contribution in [0.15, 0.2) is 12.3 Å². The summed E-state index contributed by atoms with van der Waals surface area (Å²) in [6.45, 7) is 4.58. The van der Waals surface area contributed by atoms with Crippen LogP contribution in [0.2, 0.25) is 0 Å². The molecule has 0 aliphatic rings. The fraction of sp³-hybridized carbons (Fsp3) is 0.714. The van der Waals surface area contributed by atoms with E-state index < -0.39 is 8.80 Å². The third-order valence-corrected chi connectivity index (χ3v) is 3.65. The van der Waals surface area contributed by atoms with E-state index in [9.17, 15) is 0 Å². The lowest BCUT2D eigenvalue weighted by Gasteiger charge is -2.22. The van der Waals surface area contributed by atoms with Crippen molar-refractivity contribution in [1.29, 1.82) is 0 Å². The first-order valence-corrected chi connectivity index (χ1v) is 5.41. The maximum Gasteiger partial charge on any atom is 0.528 e. The van der Waals surface area contributed by atoms with Gasteiger partial charge in [0.05, 0.1) is 13.2 Å². The standard InChI is InChI=1S/C7H16O4Si/c1-5-12(9-3,10-4)11-7-6-8-2/h5H,1,6-7H2,2-4H3. The fourth-order valence-corrected chi connectivity index (χ4v) is 1.92. The number of hydrogen-bond donors (Lipinski definition) is 0. The zero-order valence-corrected chi connectivity index (χ0v) is 8.83. The molecule has 0 aliphatic heterocycles. The normalized spacial score (nSPS) is 11.6. The van der Waals surface area contributed by atoms with Crippen LogP contribution in [-0.4, -0.2) is 43.3 Å². The molecule has 0 spiro atoms. The molecule has 0 unspecified atom stereocenters. The SMILES string of the molecule is C=C[Si](OC)(OC)OCCOC. The smallest absolute Gasteiger partial charge is 0.382 e. The molecule has 12 heavy (non-hydrogen) atoms. The molecule has 5 heteroatoms. The molecule has 0 heterocycles. The number of methoxy groups -OCH3 is 1. The van der Waals surface area contributed by atoms with Gasteiger partial charge in [0.2, 0.25) is 0 Å². The second-order valence-corrected chi connectivity index (χ2v) is 4.78. The van der Waals surface area contributed by atoms with Crippen LogP contribution in [0.3, 0.4) is 0 Å². The second kappa shape index (κ2) is 6.33. The molecular weight excluding hydrogens is 176 g/mol. The summed E-state index contributed by atoms with van der Waals surface area (Å²) in [7, 11) is 2.13. The quantitative estimate of drug-likeness (QED) is 0.437. The van der Waals surface area contributed by atoms with Crippen LogP contribution in [0, 0.1) is 0 Å². The Balaban J connectivity index is 3.84. The van der Waals surface area contributed by atoms with Crippen molar-refractivity contribution in [3.8, 4) is 0 Å². The van der Waals surface area contributed by atoms with Crippen LogP contribution in [0.4, 0.5) is 0 Å². The molecule has 0 atom stereocenters. The molecule has 72 valence electrons. The average molecular weight is 192 g/mol. The zero-order valence-electron chi connectivity index (χ0n) is 7.83. The third kappa shape index (κ3) is 3.46. The molecule has 0 aliphatic carbocycles. The molecule has 0 N–H and O–H groups in total. The molecule has 0 bridgehead atoms. The summed E-state index contributed by atoms with van der Waals surface area (Å²) >= 11 is 0. The van der Waals surface area contributed by atoms with Gasteiger partial charge in [-0.1, -0.05) is 6.58 Å². The molecule has 0 radical (unpaired) electrons. The van der Waals surface area contributed by atoms with Crippen molar-refractivity contribution in [3.63, 3.8) is 0 Å². The maximum absolute atomic E-state index is 5.37. The van der Waals surface area contributed by atoms with E-state index in [-0.39, 0.29) is 0 Å². The van der Waals surface area contributed by atoms with Crippen molar-refractivity contribution in [2.75, 3.05) is 34.5 Å². The van der Waals surface area contributed by atoms with Crippen molar-refractivity contribution in [2.24, 2.45) is 0 Å². The number of ether oxygens (including phenoxy) is 1. The Bertz CT molecular complexity index is 125. The predicted octanol–water partition coefficient (Wildman–Crippen LogP) is 0.606. The van der Waals surface area contributed by atoms with E-state index in [4.69, 9.17) is 18.0 Å². The first kappa shape index (κ1) is 11.8. The summed E-state index contributed by atoms with van der Waals surface area (Å²) in [5.74, 6) is 0. The van der Waals surface area contributed by atoms with E-state index in [0.29, 0.717) is 13.2 Å². The Hall–Kier alpha value is -0.203. The van der Waals surface area contributed by atoms with E-state index in [1.54, 1.807) is 27.0 Å². The summed E-state index contributed by atoms with van der Waals surface area (Å²) in [4.78, 5) is 0. The van der Waals surface area contributed by atoms with Crippen LogP contribution in [-0.2, 0) is 18.0 Å². The lowest BCUT2D eigenvalue weighted by atomic mass is 10.8. The predicted molar refractivity (Wildman–Crippen MR) is 47.8 cm³/mol. The zero-order chi connectivity index (χ0) is 9.45. The number of hydrogen-bond acceptors (Lipinski definition) is 4. The van der Waals surface area contributed by atoms with Gasteiger partial charge in [0.25, 0.3) is 0 Å². The molecule has 0 amide bonds. The van der Waals surface area contributed by atoms with Crippen LogP contribution in [0.1, 0.15) is 0 Å². The Morgan fingerprint density at radius 3 is 2.08 bits per heavy atom. The van der Waals surface area contributed by atoms with Gasteiger partial charge in [0.1, 0.15) is 0 Å². The van der Waals surface area contributed by atoms with Crippen molar-refractivity contribution in [2.45, 2.75) is 0 Å². The first-order valence-electron chi connectivity index (χ1n) is 3.61. The summed E-state index contributed by atoms with van der Waals surface area (Å²) in [5, 5.41) is 0. The van der Waals surface area contributed by atoms with Crippen LogP contribution in [0.5, 0.6) is 0 Å². The Labute approximate surface area is 74.4 Å². The van der Waals surface area contributed by atoms with E-state index in [1.807, 2.05) is 0 Å². The topological polar surface area (TPSA) is 36.9 Å². The lowest BCUT2D eigenvalue weighted by molar-refractivity contribution is 0.0756. The largest absolute Gasteiger partial charge is 0.528 e. The van der Waals surface area contributed by atoms with Gasteiger partial charge in [0, 0.05) is 21.3 Å². The molecule has 0 saturated carbocycles. The van der Waals surface area contributed by atoms with Gasteiger partial charge < -0.3 is 18.0 Å². The van der Waals surface area contributed by atoms with Gasteiger partial charge in [-0.3, -0.25) is 0 Å². The Morgan fingerprint density at radius 2 is 1.75 bits per heavy atom. The molecular formula is C7H16O4Si. The van der Waals surface area contributed by atoms with Gasteiger partial charge in [-0.25, -0.2) is 0 Å². The highest BCUT2D eigenvalue weighted by Gasteiger charge is 2.34. The van der Waals surface area contributed by atoms with Crippen LogP contribution < -0.4 is 0 Å². The summed E-state index contributed by atoms with van der Waals surface area (Å²) in [6.07, 6.45) is 0. The maximum atomic E-state index is 5.37. The molecule has 0 rings (SSSR count). The van der Waals surface area contributed by atoms with Gasteiger partial charge in [-0.15, -0.1) is 0 Å². The average Bonchev–Trinajstić information content (AvgIpc) is 2.14. The Morgan fingerprint density at radius 1 is 1.17 bits per heavy atom. The molecule has 0 aromatic carbocycles. The minimum Gasteiger partial charge on any atom is -0.382 e. The highest BCUT2D eigenvalue weighted by Crippen LogP contribution is 2.07. The summed E-state index contributed by atoms with van der Waals surface area (Å²) in [5.41, 5.74) is 1.59. The minimum atomic E-state index is -2.57. The van der Waals surface area contributed by atoms with E-state index in [0.717, 1.165) is 0 Å². The van der Waals surface area contributed by atoms with Crippen LogP contribution >= 0.6 is 0 Å². The number of rotatable bonds is 7. The fourth-order valence-electron chi connectivity index (χ4n) is 0.694. The van der Waals surface area contributed by atoms with E-state index in [2.05, 4.69) is 6.58 Å². The van der Waals surface area contributed by atoms with Crippen LogP contribution in [0.25, 0.3) is 0 Å². The van der Waals surface area contributed by atoms with Crippen molar-refractivity contribution < 1.29 is 18.0 Å². The van der Waals surface area contributed by atoms with Gasteiger partial charge in [-0.05, 0) is 5.70 Å². The first-order chi connectivity index (χ1) is 5.74. The van der Waals surface area contributed by atoms with Crippen molar-refractivity contribution in [3.05, 3.63) is 12.3 Å². The highest BCUT2D eigenvalue weighted by atomic mass is 28.4. The van der Waals surface area contributed by atoms with E-state index >= 15 is 0 Å². The highest BCUT2D eigenvalue weighted by molar-refractivity contribution is 6.66. The van der Waals surface area contributed by atoms with Crippen molar-refractivity contribution in [1.82, 2.24) is 0 Å². The lowest BCUT2D eigenvalue weighted by Crippen LogP contribution is -2.42. The van der Waals surface area contributed by atoms with Gasteiger partial charge in [-0.2, -0.15) is 0 Å². The Kier molecular flexibility index (Phi) is 6.22. The summed E-state index contributed by atoms with van der Waals surface area (Å²) in [6, 6.07) is 0. The molecule has 0 aromatic heterocycles.